The van der Waals surface area contributed by atoms with Crippen LogP contribution >= 0.6 is 0 Å². The largest absolute Gasteiger partial charge is 0.467 e. The number of nitrogens with one attached hydrogen (secondary N) is 1. The first kappa shape index (κ1) is 22.8. The van der Waals surface area contributed by atoms with E-state index >= 15 is 0 Å². The fraction of sp³-hybridized carbons (Fsp3) is 0.231. The predicted molar refractivity (Wildman–Crippen MR) is 136 cm³/mol. The summed E-state index contributed by atoms with van der Waals surface area (Å²) in [6.45, 7) is 4.49. The number of hydrogen-bond donors (Lipinski definition) is 1. The Bertz CT molecular complexity index is 1550. The summed E-state index contributed by atoms with van der Waals surface area (Å²) < 4.78 is 8.39. The van der Waals surface area contributed by atoms with E-state index in [9.17, 15) is 4.79 Å². The number of benzene rings is 1. The molecule has 1 N–H and O–H groups in total. The van der Waals surface area contributed by atoms with Crippen LogP contribution in [0.5, 0.6) is 6.01 Å². The maximum Gasteiger partial charge on any atom is 0.316 e. The van der Waals surface area contributed by atoms with Gasteiger partial charge in [0.1, 0.15) is 11.4 Å². The van der Waals surface area contributed by atoms with Crippen molar-refractivity contribution in [3.63, 3.8) is 0 Å². The highest BCUT2D eigenvalue weighted by molar-refractivity contribution is 6.07. The summed E-state index contributed by atoms with van der Waals surface area (Å²) in [5.74, 6) is 0.560. The lowest BCUT2D eigenvalue weighted by Gasteiger charge is -2.38. The molecule has 1 aromatic carbocycles. The van der Waals surface area contributed by atoms with Crippen LogP contribution in [0.15, 0.2) is 67.4 Å². The Morgan fingerprint density at radius 2 is 1.89 bits per heavy atom. The van der Waals surface area contributed by atoms with Gasteiger partial charge in [0.25, 0.3) is 5.91 Å². The van der Waals surface area contributed by atoms with Crippen LogP contribution in [0.3, 0.4) is 0 Å². The monoisotopic (exact) mass is 495 g/mol. The number of carbonyl (C=O) groups excluding carboxylic acids is 1. The minimum Gasteiger partial charge on any atom is -0.467 e. The van der Waals surface area contributed by atoms with Crippen molar-refractivity contribution in [1.82, 2.24) is 39.2 Å². The van der Waals surface area contributed by atoms with E-state index in [2.05, 4.69) is 30.3 Å². The molecule has 4 aromatic heterocycles. The molecule has 0 unspecified atom stereocenters. The second kappa shape index (κ2) is 9.43. The molecule has 11 nitrogen and oxygen atoms in total. The molecule has 1 saturated heterocycles. The Morgan fingerprint density at radius 3 is 2.65 bits per heavy atom. The van der Waals surface area contributed by atoms with Crippen LogP contribution in [0.25, 0.3) is 11.3 Å². The summed E-state index contributed by atoms with van der Waals surface area (Å²) in [4.78, 5) is 28.2. The highest BCUT2D eigenvalue weighted by Crippen LogP contribution is 2.30. The third kappa shape index (κ3) is 4.52. The molecule has 1 amide bonds. The van der Waals surface area contributed by atoms with E-state index < -0.39 is 0 Å². The van der Waals surface area contributed by atoms with Crippen molar-refractivity contribution < 1.29 is 9.53 Å². The van der Waals surface area contributed by atoms with Crippen LogP contribution in [-0.2, 0) is 6.54 Å². The van der Waals surface area contributed by atoms with Gasteiger partial charge >= 0.3 is 6.01 Å². The van der Waals surface area contributed by atoms with Gasteiger partial charge in [-0.05, 0) is 25.1 Å². The number of ether oxygens (including phenoxy) is 1. The van der Waals surface area contributed by atoms with Crippen molar-refractivity contribution in [3.05, 3.63) is 89.8 Å². The average molecular weight is 496 g/mol. The molecule has 0 aliphatic carbocycles. The van der Waals surface area contributed by atoms with Gasteiger partial charge in [-0.25, -0.2) is 24.1 Å². The first-order valence-electron chi connectivity index (χ1n) is 11.9. The van der Waals surface area contributed by atoms with Crippen molar-refractivity contribution in [3.8, 4) is 11.7 Å². The smallest absolute Gasteiger partial charge is 0.316 e. The molecule has 0 bridgehead atoms. The van der Waals surface area contributed by atoms with Gasteiger partial charge in [0.15, 0.2) is 5.65 Å². The molecule has 1 fully saturated rings. The normalized spacial score (nSPS) is 14.0. The molecular weight excluding hydrogens is 470 g/mol. The summed E-state index contributed by atoms with van der Waals surface area (Å²) in [5.41, 5.74) is 4.87. The molecule has 11 heteroatoms. The maximum absolute atomic E-state index is 13.2. The Hall–Kier alpha value is -4.64. The van der Waals surface area contributed by atoms with Gasteiger partial charge in [-0.3, -0.25) is 9.69 Å². The first-order valence-corrected chi connectivity index (χ1v) is 11.9. The standard InChI is InChI=1S/C26H25N9O2/c1-17-4-6-20(7-5-17)35-23(31-25(36)21-13-30-34-9-3-8-27-24(21)34)10-22(32-35)19-15-33(16-19)14-18-11-28-26(37-2)29-12-18/h3-13,19H,14-16H2,1-2H3,(H,31,36). The third-order valence-corrected chi connectivity index (χ3v) is 6.42. The van der Waals surface area contributed by atoms with Gasteiger partial charge in [0.05, 0.1) is 24.7 Å². The lowest BCUT2D eigenvalue weighted by atomic mass is 9.96. The third-order valence-electron chi connectivity index (χ3n) is 6.42. The van der Waals surface area contributed by atoms with E-state index in [-0.39, 0.29) is 11.8 Å². The second-order valence-corrected chi connectivity index (χ2v) is 9.07. The molecule has 0 saturated carbocycles. The van der Waals surface area contributed by atoms with Crippen molar-refractivity contribution >= 4 is 17.4 Å². The van der Waals surface area contributed by atoms with Crippen LogP contribution in [0.2, 0.25) is 0 Å². The molecule has 0 spiro atoms. The number of anilines is 1. The maximum atomic E-state index is 13.2. The Labute approximate surface area is 212 Å². The number of fused-ring (bicyclic) bond motifs is 1. The number of amides is 1. The SMILES string of the molecule is COc1ncc(CN2CC(c3cc(NC(=O)c4cnn5cccnc45)n(-c4ccc(C)cc4)n3)C2)cn1. The van der Waals surface area contributed by atoms with E-state index in [4.69, 9.17) is 9.84 Å². The molecule has 0 radical (unpaired) electrons. The van der Waals surface area contributed by atoms with Crippen LogP contribution in [0.1, 0.15) is 33.1 Å². The molecule has 5 heterocycles. The topological polar surface area (TPSA) is 115 Å². The van der Waals surface area contributed by atoms with Gasteiger partial charge in [0, 0.05) is 62.0 Å². The summed E-state index contributed by atoms with van der Waals surface area (Å²) >= 11 is 0. The minimum absolute atomic E-state index is 0.250. The van der Waals surface area contributed by atoms with E-state index in [0.29, 0.717) is 23.0 Å². The van der Waals surface area contributed by atoms with Gasteiger partial charge in [-0.15, -0.1) is 0 Å². The van der Waals surface area contributed by atoms with Crippen molar-refractivity contribution in [2.75, 3.05) is 25.5 Å². The summed E-state index contributed by atoms with van der Waals surface area (Å²) in [5, 5.41) is 12.1. The molecule has 37 heavy (non-hydrogen) atoms. The summed E-state index contributed by atoms with van der Waals surface area (Å²) in [6.07, 6.45) is 8.50. The molecule has 6 rings (SSSR count). The lowest BCUT2D eigenvalue weighted by molar-refractivity contribution is 0.102. The molecule has 186 valence electrons. The molecule has 1 aliphatic heterocycles. The Balaban J connectivity index is 1.22. The average Bonchev–Trinajstić information content (AvgIpc) is 3.51. The van der Waals surface area contributed by atoms with Gasteiger partial charge in [-0.1, -0.05) is 17.7 Å². The Morgan fingerprint density at radius 1 is 1.11 bits per heavy atom. The Kier molecular flexibility index (Phi) is 5.81. The van der Waals surface area contributed by atoms with Crippen LogP contribution in [-0.4, -0.2) is 65.4 Å². The molecular formula is C26H25N9O2. The minimum atomic E-state index is -0.289. The summed E-state index contributed by atoms with van der Waals surface area (Å²) in [6, 6.07) is 12.1. The molecule has 5 aromatic rings. The predicted octanol–water partition coefficient (Wildman–Crippen LogP) is 2.87. The van der Waals surface area contributed by atoms with Crippen LogP contribution in [0.4, 0.5) is 5.82 Å². The van der Waals surface area contributed by atoms with E-state index in [1.807, 2.05) is 37.3 Å². The van der Waals surface area contributed by atoms with Crippen molar-refractivity contribution in [2.45, 2.75) is 19.4 Å². The zero-order valence-corrected chi connectivity index (χ0v) is 20.4. The quantitative estimate of drug-likeness (QED) is 0.367. The second-order valence-electron chi connectivity index (χ2n) is 9.07. The zero-order chi connectivity index (χ0) is 25.4. The number of nitrogens with zero attached hydrogens (tertiary/aromatic N) is 8. The highest BCUT2D eigenvalue weighted by Gasteiger charge is 2.31. The highest BCUT2D eigenvalue weighted by atomic mass is 16.5. The van der Waals surface area contributed by atoms with Gasteiger partial charge in [-0.2, -0.15) is 10.2 Å². The molecule has 1 aliphatic rings. The van der Waals surface area contributed by atoms with Crippen LogP contribution in [0, 0.1) is 6.92 Å². The van der Waals surface area contributed by atoms with Crippen LogP contribution < -0.4 is 10.1 Å². The zero-order valence-electron chi connectivity index (χ0n) is 20.4. The van der Waals surface area contributed by atoms with Gasteiger partial charge < -0.3 is 10.1 Å². The number of aryl methyl sites for hydroxylation is 1. The number of likely N-dealkylation sites (tertiary alicyclic amines) is 1. The fourth-order valence-electron chi connectivity index (χ4n) is 4.42. The van der Waals surface area contributed by atoms with Crippen molar-refractivity contribution in [2.24, 2.45) is 0 Å². The van der Waals surface area contributed by atoms with E-state index in [1.165, 1.54) is 6.20 Å². The van der Waals surface area contributed by atoms with E-state index in [0.717, 1.165) is 42.1 Å². The van der Waals surface area contributed by atoms with Gasteiger partial charge in [0.2, 0.25) is 0 Å². The fourth-order valence-corrected chi connectivity index (χ4v) is 4.42. The summed E-state index contributed by atoms with van der Waals surface area (Å²) in [7, 11) is 1.55. The number of rotatable bonds is 7. The van der Waals surface area contributed by atoms with Crippen molar-refractivity contribution in [1.29, 1.82) is 0 Å². The number of carbonyl (C=O) groups is 1. The first-order chi connectivity index (χ1) is 18.1. The lowest BCUT2D eigenvalue weighted by Crippen LogP contribution is -2.44. The molecule has 0 atom stereocenters. The van der Waals surface area contributed by atoms with E-state index in [1.54, 1.807) is 47.2 Å². The number of aromatic nitrogens is 7. The number of methoxy groups -OCH3 is 1. The number of hydrogen-bond acceptors (Lipinski definition) is 8.